The zero-order chi connectivity index (χ0) is 21.6. The molecule has 160 valence electrons. The normalized spacial score (nSPS) is 18.4. The van der Waals surface area contributed by atoms with Crippen LogP contribution in [0.4, 0.5) is 4.79 Å². The van der Waals surface area contributed by atoms with E-state index in [0.29, 0.717) is 17.6 Å². The summed E-state index contributed by atoms with van der Waals surface area (Å²) in [4.78, 5) is 31.9. The lowest BCUT2D eigenvalue weighted by atomic mass is 10.1. The summed E-state index contributed by atoms with van der Waals surface area (Å²) in [6.07, 6.45) is -1.41. The van der Waals surface area contributed by atoms with Crippen molar-refractivity contribution in [2.45, 2.75) is 64.6 Å². The molecular formula is C20H28BrN3O5. The van der Waals surface area contributed by atoms with Crippen LogP contribution in [0.3, 0.4) is 0 Å². The molecule has 2 rings (SSSR count). The molecule has 0 saturated carbocycles. The lowest BCUT2D eigenvalue weighted by molar-refractivity contribution is -0.137. The van der Waals surface area contributed by atoms with Gasteiger partial charge in [-0.05, 0) is 49.2 Å². The SMILES string of the molecule is C[C@@H](OCc1ccccc1)[C@H](N)C(=O)N(CC1CC(Br)=NO1)C(=O)OC(C)(C)C. The van der Waals surface area contributed by atoms with Crippen LogP contribution in [0.15, 0.2) is 35.5 Å². The quantitative estimate of drug-likeness (QED) is 0.657. The number of benzene rings is 1. The molecule has 0 spiro atoms. The maximum atomic E-state index is 13.0. The number of rotatable bonds is 7. The van der Waals surface area contributed by atoms with Crippen LogP contribution in [0.5, 0.6) is 0 Å². The highest BCUT2D eigenvalue weighted by Crippen LogP contribution is 2.18. The molecule has 8 nitrogen and oxygen atoms in total. The van der Waals surface area contributed by atoms with Gasteiger partial charge in [0.1, 0.15) is 16.3 Å². The zero-order valence-corrected chi connectivity index (χ0v) is 18.7. The van der Waals surface area contributed by atoms with Gasteiger partial charge in [-0.1, -0.05) is 35.5 Å². The summed E-state index contributed by atoms with van der Waals surface area (Å²) in [7, 11) is 0. The lowest BCUT2D eigenvalue weighted by Gasteiger charge is -2.30. The van der Waals surface area contributed by atoms with Crippen molar-refractivity contribution in [3.05, 3.63) is 35.9 Å². The van der Waals surface area contributed by atoms with Crippen LogP contribution in [0, 0.1) is 0 Å². The Hall–Kier alpha value is -1.97. The van der Waals surface area contributed by atoms with Gasteiger partial charge in [0, 0.05) is 6.42 Å². The first-order valence-corrected chi connectivity index (χ1v) is 10.2. The van der Waals surface area contributed by atoms with Crippen molar-refractivity contribution in [3.8, 4) is 0 Å². The largest absolute Gasteiger partial charge is 0.443 e. The number of oxime groups is 1. The number of hydrogen-bond donors (Lipinski definition) is 1. The second-order valence-corrected chi connectivity index (χ2v) is 8.77. The molecule has 29 heavy (non-hydrogen) atoms. The van der Waals surface area contributed by atoms with Crippen molar-refractivity contribution in [3.63, 3.8) is 0 Å². The summed E-state index contributed by atoms with van der Waals surface area (Å²) < 4.78 is 11.7. The molecule has 0 saturated heterocycles. The molecule has 9 heteroatoms. The average molecular weight is 470 g/mol. The molecule has 1 aromatic carbocycles. The van der Waals surface area contributed by atoms with Crippen molar-refractivity contribution >= 4 is 32.6 Å². The molecule has 0 aliphatic carbocycles. The molecule has 2 N–H and O–H groups in total. The summed E-state index contributed by atoms with van der Waals surface area (Å²) in [5, 5.41) is 3.79. The van der Waals surface area contributed by atoms with E-state index >= 15 is 0 Å². The van der Waals surface area contributed by atoms with Crippen molar-refractivity contribution in [2.24, 2.45) is 10.9 Å². The minimum Gasteiger partial charge on any atom is -0.443 e. The van der Waals surface area contributed by atoms with Gasteiger partial charge in [0.15, 0.2) is 6.10 Å². The van der Waals surface area contributed by atoms with Gasteiger partial charge < -0.3 is 20.0 Å². The van der Waals surface area contributed by atoms with Crippen LogP contribution < -0.4 is 5.73 Å². The van der Waals surface area contributed by atoms with E-state index in [0.717, 1.165) is 10.5 Å². The number of carbonyl (C=O) groups excluding carboxylic acids is 2. The highest BCUT2D eigenvalue weighted by Gasteiger charge is 2.36. The van der Waals surface area contributed by atoms with Crippen molar-refractivity contribution in [2.75, 3.05) is 6.54 Å². The molecule has 1 heterocycles. The predicted octanol–water partition coefficient (Wildman–Crippen LogP) is 3.18. The van der Waals surface area contributed by atoms with Crippen LogP contribution in [-0.4, -0.2) is 51.9 Å². The van der Waals surface area contributed by atoms with E-state index in [1.54, 1.807) is 27.7 Å². The monoisotopic (exact) mass is 469 g/mol. The minimum atomic E-state index is -1.04. The zero-order valence-electron chi connectivity index (χ0n) is 17.1. The maximum absolute atomic E-state index is 13.0. The van der Waals surface area contributed by atoms with Gasteiger partial charge >= 0.3 is 6.09 Å². The molecule has 0 radical (unpaired) electrons. The van der Waals surface area contributed by atoms with Gasteiger partial charge in [0.2, 0.25) is 0 Å². The van der Waals surface area contributed by atoms with Crippen LogP contribution in [0.25, 0.3) is 0 Å². The third-order valence-electron chi connectivity index (χ3n) is 4.11. The van der Waals surface area contributed by atoms with Crippen molar-refractivity contribution in [1.82, 2.24) is 4.90 Å². The first kappa shape index (κ1) is 23.3. The van der Waals surface area contributed by atoms with Gasteiger partial charge in [-0.2, -0.15) is 0 Å². The molecular weight excluding hydrogens is 442 g/mol. The fraction of sp³-hybridized carbons (Fsp3) is 0.550. The number of nitrogens with two attached hydrogens (primary N) is 1. The summed E-state index contributed by atoms with van der Waals surface area (Å²) in [5.41, 5.74) is 6.33. The Labute approximate surface area is 179 Å². The third kappa shape index (κ3) is 7.41. The Morgan fingerprint density at radius 1 is 1.34 bits per heavy atom. The second-order valence-electron chi connectivity index (χ2n) is 7.86. The van der Waals surface area contributed by atoms with E-state index in [2.05, 4.69) is 21.1 Å². The number of halogens is 1. The Bertz CT molecular complexity index is 735. The highest BCUT2D eigenvalue weighted by atomic mass is 79.9. The minimum absolute atomic E-state index is 0.0224. The molecule has 0 bridgehead atoms. The topological polar surface area (TPSA) is 103 Å². The number of carbonyl (C=O) groups is 2. The van der Waals surface area contributed by atoms with E-state index in [1.165, 1.54) is 0 Å². The number of hydrogen-bond acceptors (Lipinski definition) is 7. The van der Waals surface area contributed by atoms with Gasteiger partial charge in [0.05, 0.1) is 19.3 Å². The number of nitrogens with zero attached hydrogens (tertiary/aromatic N) is 2. The van der Waals surface area contributed by atoms with Gasteiger partial charge in [-0.3, -0.25) is 4.79 Å². The Morgan fingerprint density at radius 2 is 2.00 bits per heavy atom. The average Bonchev–Trinajstić information content (AvgIpc) is 3.07. The second kappa shape index (κ2) is 10.2. The molecule has 0 fully saturated rings. The lowest BCUT2D eigenvalue weighted by Crippen LogP contribution is -2.54. The molecule has 2 amide bonds. The summed E-state index contributed by atoms with van der Waals surface area (Å²) in [5.74, 6) is -0.591. The number of amides is 2. The predicted molar refractivity (Wildman–Crippen MR) is 112 cm³/mol. The Morgan fingerprint density at radius 3 is 2.55 bits per heavy atom. The van der Waals surface area contributed by atoms with E-state index in [-0.39, 0.29) is 6.54 Å². The van der Waals surface area contributed by atoms with E-state index in [1.807, 2.05) is 30.3 Å². The van der Waals surface area contributed by atoms with Crippen LogP contribution in [-0.2, 0) is 25.7 Å². The standard InChI is InChI=1S/C20H28BrN3O5/c1-13(27-12-14-8-6-5-7-9-14)17(22)18(25)24(19(26)28-20(2,3)4)11-15-10-16(21)23-29-15/h5-9,13,15,17H,10-12,22H2,1-4H3/t13-,15?,17+/m1/s1. The first-order chi connectivity index (χ1) is 13.6. The molecule has 1 aromatic rings. The van der Waals surface area contributed by atoms with E-state index in [9.17, 15) is 9.59 Å². The molecule has 1 unspecified atom stereocenters. The summed E-state index contributed by atoms with van der Waals surface area (Å²) >= 11 is 3.25. The Kier molecular flexibility index (Phi) is 8.18. The van der Waals surface area contributed by atoms with Crippen molar-refractivity contribution < 1.29 is 23.9 Å². The van der Waals surface area contributed by atoms with Crippen LogP contribution in [0.1, 0.15) is 39.7 Å². The highest BCUT2D eigenvalue weighted by molar-refractivity contribution is 9.18. The fourth-order valence-electron chi connectivity index (χ4n) is 2.55. The van der Waals surface area contributed by atoms with Gasteiger partial charge in [0.25, 0.3) is 5.91 Å². The molecule has 1 aliphatic rings. The van der Waals surface area contributed by atoms with E-state index < -0.39 is 35.9 Å². The molecule has 0 aromatic heterocycles. The Balaban J connectivity index is 2.04. The molecule has 3 atom stereocenters. The summed E-state index contributed by atoms with van der Waals surface area (Å²) in [6.45, 7) is 7.17. The van der Waals surface area contributed by atoms with Gasteiger partial charge in [-0.15, -0.1) is 0 Å². The third-order valence-corrected chi connectivity index (χ3v) is 4.58. The van der Waals surface area contributed by atoms with E-state index in [4.69, 9.17) is 20.0 Å². The number of ether oxygens (including phenoxy) is 2. The molecule has 1 aliphatic heterocycles. The smallest absolute Gasteiger partial charge is 0.417 e. The van der Waals surface area contributed by atoms with Crippen molar-refractivity contribution in [1.29, 1.82) is 0 Å². The van der Waals surface area contributed by atoms with Gasteiger partial charge in [-0.25, -0.2) is 9.69 Å². The first-order valence-electron chi connectivity index (χ1n) is 9.40. The van der Waals surface area contributed by atoms with Crippen LogP contribution >= 0.6 is 15.9 Å². The number of imide groups is 1. The van der Waals surface area contributed by atoms with Crippen LogP contribution in [0.2, 0.25) is 0 Å². The fourth-order valence-corrected chi connectivity index (χ4v) is 3.00. The summed E-state index contributed by atoms with van der Waals surface area (Å²) in [6, 6.07) is 8.51. The maximum Gasteiger partial charge on any atom is 0.417 e.